The van der Waals surface area contributed by atoms with Gasteiger partial charge in [0.05, 0.1) is 6.54 Å². The van der Waals surface area contributed by atoms with E-state index in [1.807, 2.05) is 7.05 Å². The van der Waals surface area contributed by atoms with Crippen molar-refractivity contribution in [3.8, 4) is 0 Å². The van der Waals surface area contributed by atoms with E-state index in [9.17, 15) is 4.79 Å². The highest BCUT2D eigenvalue weighted by atomic mass is 16.2. The largest absolute Gasteiger partial charge is 0.340 e. The van der Waals surface area contributed by atoms with Gasteiger partial charge in [-0.2, -0.15) is 0 Å². The second-order valence-corrected chi connectivity index (χ2v) is 4.97. The second-order valence-electron chi connectivity index (χ2n) is 4.97. The highest BCUT2D eigenvalue weighted by molar-refractivity contribution is 5.84. The Labute approximate surface area is 114 Å². The van der Waals surface area contributed by atoms with Gasteiger partial charge in [-0.1, -0.05) is 35.9 Å². The summed E-state index contributed by atoms with van der Waals surface area (Å²) < 4.78 is 0. The summed E-state index contributed by atoms with van der Waals surface area (Å²) in [6.07, 6.45) is 0. The number of nitrogens with one attached hydrogen (secondary N) is 1. The van der Waals surface area contributed by atoms with Crippen molar-refractivity contribution in [1.29, 1.82) is 0 Å². The van der Waals surface area contributed by atoms with Crippen LogP contribution in [0.25, 0.3) is 10.8 Å². The van der Waals surface area contributed by atoms with Crippen LogP contribution in [0.4, 0.5) is 0 Å². The Morgan fingerprint density at radius 3 is 2.58 bits per heavy atom. The van der Waals surface area contributed by atoms with Crippen LogP contribution in [-0.4, -0.2) is 31.4 Å². The minimum atomic E-state index is 0.103. The van der Waals surface area contributed by atoms with Crippen molar-refractivity contribution in [3.63, 3.8) is 0 Å². The lowest BCUT2D eigenvalue weighted by molar-refractivity contribution is -0.129. The summed E-state index contributed by atoms with van der Waals surface area (Å²) >= 11 is 0. The van der Waals surface area contributed by atoms with E-state index < -0.39 is 0 Å². The third-order valence-corrected chi connectivity index (χ3v) is 3.23. The Bertz CT molecular complexity index is 592. The number of carbonyl (C=O) groups excluding carboxylic acids is 1. The zero-order valence-corrected chi connectivity index (χ0v) is 11.7. The maximum absolute atomic E-state index is 11.7. The first kappa shape index (κ1) is 13.6. The molecule has 0 saturated carbocycles. The fourth-order valence-electron chi connectivity index (χ4n) is 2.16. The van der Waals surface area contributed by atoms with E-state index in [4.69, 9.17) is 0 Å². The van der Waals surface area contributed by atoms with Crippen LogP contribution in [-0.2, 0) is 11.3 Å². The fraction of sp³-hybridized carbons (Fsp3) is 0.312. The maximum Gasteiger partial charge on any atom is 0.236 e. The molecule has 0 aliphatic heterocycles. The average molecular weight is 256 g/mol. The van der Waals surface area contributed by atoms with Gasteiger partial charge in [-0.15, -0.1) is 0 Å². The van der Waals surface area contributed by atoms with E-state index in [0.717, 1.165) is 5.56 Å². The van der Waals surface area contributed by atoms with Crippen molar-refractivity contribution in [2.24, 2.45) is 0 Å². The summed E-state index contributed by atoms with van der Waals surface area (Å²) in [7, 11) is 3.61. The van der Waals surface area contributed by atoms with Crippen molar-refractivity contribution in [2.75, 3.05) is 20.6 Å². The van der Waals surface area contributed by atoms with Gasteiger partial charge in [0.1, 0.15) is 0 Å². The molecule has 0 fully saturated rings. The Balaban J connectivity index is 2.17. The van der Waals surface area contributed by atoms with Crippen molar-refractivity contribution in [2.45, 2.75) is 13.5 Å². The lowest BCUT2D eigenvalue weighted by Crippen LogP contribution is -2.33. The van der Waals surface area contributed by atoms with Crippen LogP contribution >= 0.6 is 0 Å². The molecule has 0 radical (unpaired) electrons. The molecule has 0 aliphatic rings. The highest BCUT2D eigenvalue weighted by Crippen LogP contribution is 2.18. The van der Waals surface area contributed by atoms with Gasteiger partial charge in [0.2, 0.25) is 5.91 Å². The van der Waals surface area contributed by atoms with Crippen LogP contribution in [0, 0.1) is 6.92 Å². The molecule has 0 bridgehead atoms. The second kappa shape index (κ2) is 5.85. The van der Waals surface area contributed by atoms with E-state index >= 15 is 0 Å². The molecule has 0 aliphatic carbocycles. The Hall–Kier alpha value is -1.87. The Morgan fingerprint density at radius 1 is 1.16 bits per heavy atom. The lowest BCUT2D eigenvalue weighted by atomic mass is 10.0. The van der Waals surface area contributed by atoms with Gasteiger partial charge in [-0.05, 0) is 36.4 Å². The molecule has 0 spiro atoms. The van der Waals surface area contributed by atoms with Gasteiger partial charge in [0, 0.05) is 13.6 Å². The molecule has 1 amide bonds. The molecule has 0 heterocycles. The number of likely N-dealkylation sites (N-methyl/N-ethyl adjacent to an activating group) is 2. The van der Waals surface area contributed by atoms with Gasteiger partial charge >= 0.3 is 0 Å². The van der Waals surface area contributed by atoms with Crippen LogP contribution in [0.1, 0.15) is 11.1 Å². The van der Waals surface area contributed by atoms with E-state index in [1.165, 1.54) is 16.3 Å². The number of rotatable bonds is 4. The van der Waals surface area contributed by atoms with Crippen molar-refractivity contribution in [3.05, 3.63) is 47.5 Å². The van der Waals surface area contributed by atoms with Gasteiger partial charge in [-0.3, -0.25) is 4.79 Å². The molecule has 3 nitrogen and oxygen atoms in total. The first-order valence-electron chi connectivity index (χ1n) is 6.48. The fourth-order valence-corrected chi connectivity index (χ4v) is 2.16. The minimum Gasteiger partial charge on any atom is -0.340 e. The summed E-state index contributed by atoms with van der Waals surface area (Å²) in [6.45, 7) is 3.12. The molecule has 2 aromatic rings. The standard InChI is InChI=1S/C16H20N2O/c1-12-4-6-15-9-13(5-7-14(15)8-12)11-18(3)16(19)10-17-2/h4-9,17H,10-11H2,1-3H3. The monoisotopic (exact) mass is 256 g/mol. The van der Waals surface area contributed by atoms with Gasteiger partial charge in [0.25, 0.3) is 0 Å². The number of carbonyl (C=O) groups is 1. The minimum absolute atomic E-state index is 0.103. The zero-order valence-electron chi connectivity index (χ0n) is 11.7. The Kier molecular flexibility index (Phi) is 4.17. The van der Waals surface area contributed by atoms with Crippen molar-refractivity contribution < 1.29 is 4.79 Å². The predicted molar refractivity (Wildman–Crippen MR) is 79.1 cm³/mol. The summed E-state index contributed by atoms with van der Waals surface area (Å²) in [4.78, 5) is 13.5. The van der Waals surface area contributed by atoms with Crippen LogP contribution in [0.5, 0.6) is 0 Å². The first-order chi connectivity index (χ1) is 9.10. The molecule has 100 valence electrons. The van der Waals surface area contributed by atoms with Crippen LogP contribution in [0.3, 0.4) is 0 Å². The molecule has 0 unspecified atom stereocenters. The molecule has 3 heteroatoms. The van der Waals surface area contributed by atoms with E-state index in [0.29, 0.717) is 13.1 Å². The predicted octanol–water partition coefficient (Wildman–Crippen LogP) is 2.33. The lowest BCUT2D eigenvalue weighted by Gasteiger charge is -2.17. The summed E-state index contributed by atoms with van der Waals surface area (Å²) in [5.41, 5.74) is 2.42. The molecular formula is C16H20N2O. The SMILES string of the molecule is CNCC(=O)N(C)Cc1ccc2cc(C)ccc2c1. The number of benzene rings is 2. The number of nitrogens with zero attached hydrogens (tertiary/aromatic N) is 1. The number of hydrogen-bond donors (Lipinski definition) is 1. The number of fused-ring (bicyclic) bond motifs is 1. The normalized spacial score (nSPS) is 10.7. The summed E-state index contributed by atoms with van der Waals surface area (Å²) in [5, 5.41) is 5.34. The number of hydrogen-bond acceptors (Lipinski definition) is 2. The van der Waals surface area contributed by atoms with Crippen LogP contribution in [0.2, 0.25) is 0 Å². The quantitative estimate of drug-likeness (QED) is 0.910. The van der Waals surface area contributed by atoms with Gasteiger partial charge in [0.15, 0.2) is 0 Å². The van der Waals surface area contributed by atoms with Crippen LogP contribution < -0.4 is 5.32 Å². The first-order valence-corrected chi connectivity index (χ1v) is 6.48. The van der Waals surface area contributed by atoms with E-state index in [-0.39, 0.29) is 5.91 Å². The topological polar surface area (TPSA) is 32.3 Å². The smallest absolute Gasteiger partial charge is 0.236 e. The average Bonchev–Trinajstić information content (AvgIpc) is 2.39. The molecule has 19 heavy (non-hydrogen) atoms. The summed E-state index contributed by atoms with van der Waals surface area (Å²) in [6, 6.07) is 12.8. The molecule has 1 N–H and O–H groups in total. The Morgan fingerprint density at radius 2 is 1.84 bits per heavy atom. The zero-order chi connectivity index (χ0) is 13.8. The van der Waals surface area contributed by atoms with Gasteiger partial charge in [-0.25, -0.2) is 0 Å². The number of amides is 1. The van der Waals surface area contributed by atoms with Crippen molar-refractivity contribution in [1.82, 2.24) is 10.2 Å². The molecule has 0 atom stereocenters. The molecular weight excluding hydrogens is 236 g/mol. The van der Waals surface area contributed by atoms with Gasteiger partial charge < -0.3 is 10.2 Å². The third-order valence-electron chi connectivity index (χ3n) is 3.23. The molecule has 0 saturated heterocycles. The number of aryl methyl sites for hydroxylation is 1. The molecule has 2 rings (SSSR count). The summed E-state index contributed by atoms with van der Waals surface area (Å²) in [5.74, 6) is 0.103. The van der Waals surface area contributed by atoms with Crippen molar-refractivity contribution >= 4 is 16.7 Å². The van der Waals surface area contributed by atoms with Crippen LogP contribution in [0.15, 0.2) is 36.4 Å². The highest BCUT2D eigenvalue weighted by Gasteiger charge is 2.08. The van der Waals surface area contributed by atoms with E-state index in [2.05, 4.69) is 48.6 Å². The maximum atomic E-state index is 11.7. The van der Waals surface area contributed by atoms with E-state index in [1.54, 1.807) is 11.9 Å². The molecule has 2 aromatic carbocycles. The molecule has 0 aromatic heterocycles. The third kappa shape index (κ3) is 3.32.